The van der Waals surface area contributed by atoms with E-state index in [4.69, 9.17) is 17.4 Å². The van der Waals surface area contributed by atoms with E-state index in [1.807, 2.05) is 47.4 Å². The molecule has 4 rings (SSSR count). The van der Waals surface area contributed by atoms with Crippen molar-refractivity contribution in [1.29, 1.82) is 0 Å². The maximum absolute atomic E-state index is 12.1. The second-order valence-corrected chi connectivity index (χ2v) is 6.93. The van der Waals surface area contributed by atoms with Gasteiger partial charge in [-0.15, -0.1) is 5.90 Å². The minimum Gasteiger partial charge on any atom is -0.366 e. The molecule has 1 heterocycles. The second-order valence-electron chi connectivity index (χ2n) is 6.93. The van der Waals surface area contributed by atoms with Crippen LogP contribution in [0.2, 0.25) is 0 Å². The number of nitrogens with zero attached hydrogens (tertiary/aromatic N) is 4. The van der Waals surface area contributed by atoms with Crippen LogP contribution in [0.3, 0.4) is 0 Å². The van der Waals surface area contributed by atoms with Crippen molar-refractivity contribution in [2.45, 2.75) is 6.54 Å². The highest BCUT2D eigenvalue weighted by molar-refractivity contribution is 6.06. The molecule has 0 radical (unpaired) electrons. The van der Waals surface area contributed by atoms with Crippen molar-refractivity contribution in [3.05, 3.63) is 89.7 Å². The fourth-order valence-corrected chi connectivity index (χ4v) is 3.40. The zero-order valence-electron chi connectivity index (χ0n) is 17.1. The lowest BCUT2D eigenvalue weighted by atomic mass is 10.0. The Balaban J connectivity index is 2.01. The Morgan fingerprint density at radius 3 is 2.47 bits per heavy atom. The zero-order chi connectivity index (χ0) is 22.5. The number of hydrogen-bond acceptors (Lipinski definition) is 8. The molecule has 6 N–H and O–H groups in total. The van der Waals surface area contributed by atoms with Crippen LogP contribution in [-0.2, 0) is 11.5 Å². The Labute approximate surface area is 184 Å². The van der Waals surface area contributed by atoms with Gasteiger partial charge in [0.25, 0.3) is 0 Å². The van der Waals surface area contributed by atoms with Gasteiger partial charge in [0.1, 0.15) is 0 Å². The van der Waals surface area contributed by atoms with Gasteiger partial charge >= 0.3 is 0 Å². The number of fused-ring (bicyclic) bond motifs is 1. The van der Waals surface area contributed by atoms with Crippen LogP contribution in [0.5, 0.6) is 0 Å². The molecule has 0 aliphatic heterocycles. The van der Waals surface area contributed by atoms with Gasteiger partial charge < -0.3 is 16.4 Å². The normalized spacial score (nSPS) is 11.1. The minimum atomic E-state index is -0.539. The van der Waals surface area contributed by atoms with Crippen LogP contribution in [0.15, 0.2) is 78.2 Å². The van der Waals surface area contributed by atoms with Crippen molar-refractivity contribution in [1.82, 2.24) is 9.97 Å². The van der Waals surface area contributed by atoms with Gasteiger partial charge in [0.05, 0.1) is 11.9 Å². The number of carbonyl (C=O) groups is 1. The SMILES string of the molecule is NCc1ccc(N(c2ncccn2)c2cc(C(N)=O)cc3ccc(/C=N/ON)cc23)cc1. The molecule has 1 aromatic heterocycles. The van der Waals surface area contributed by atoms with Gasteiger partial charge in [-0.2, -0.15) is 0 Å². The van der Waals surface area contributed by atoms with Crippen molar-refractivity contribution in [2.24, 2.45) is 22.5 Å². The van der Waals surface area contributed by atoms with E-state index in [2.05, 4.69) is 20.1 Å². The van der Waals surface area contributed by atoms with Gasteiger partial charge in [-0.1, -0.05) is 29.4 Å². The number of anilines is 3. The molecule has 0 aliphatic carbocycles. The van der Waals surface area contributed by atoms with Crippen LogP contribution in [-0.4, -0.2) is 22.1 Å². The highest BCUT2D eigenvalue weighted by Crippen LogP contribution is 2.38. The summed E-state index contributed by atoms with van der Waals surface area (Å²) in [6.45, 7) is 0.425. The third kappa shape index (κ3) is 4.24. The summed E-state index contributed by atoms with van der Waals surface area (Å²) < 4.78 is 0. The van der Waals surface area contributed by atoms with Crippen LogP contribution in [0.1, 0.15) is 21.5 Å². The molecule has 0 unspecified atom stereocenters. The summed E-state index contributed by atoms with van der Waals surface area (Å²) >= 11 is 0. The number of hydrogen-bond donors (Lipinski definition) is 3. The third-order valence-electron chi connectivity index (χ3n) is 4.93. The first-order valence-corrected chi connectivity index (χ1v) is 9.73. The van der Waals surface area contributed by atoms with Crippen molar-refractivity contribution in [3.63, 3.8) is 0 Å². The van der Waals surface area contributed by atoms with Crippen molar-refractivity contribution in [3.8, 4) is 0 Å². The predicted octanol–water partition coefficient (Wildman–Crippen LogP) is 2.88. The van der Waals surface area contributed by atoms with Crippen molar-refractivity contribution >= 4 is 40.2 Å². The van der Waals surface area contributed by atoms with Crippen LogP contribution in [0.25, 0.3) is 10.8 Å². The maximum atomic E-state index is 12.1. The lowest BCUT2D eigenvalue weighted by Crippen LogP contribution is -2.16. The van der Waals surface area contributed by atoms with E-state index >= 15 is 0 Å². The number of primary amides is 1. The van der Waals surface area contributed by atoms with E-state index in [0.717, 1.165) is 27.6 Å². The Kier molecular flexibility index (Phi) is 6.02. The molecule has 3 aromatic carbocycles. The van der Waals surface area contributed by atoms with Gasteiger partial charge in [0.15, 0.2) is 0 Å². The molecule has 0 fully saturated rings. The third-order valence-corrected chi connectivity index (χ3v) is 4.93. The highest BCUT2D eigenvalue weighted by Gasteiger charge is 2.20. The number of nitrogens with two attached hydrogens (primary N) is 3. The van der Waals surface area contributed by atoms with E-state index in [1.54, 1.807) is 30.6 Å². The average molecular weight is 427 g/mol. The molecule has 0 spiro atoms. The van der Waals surface area contributed by atoms with Crippen LogP contribution in [0, 0.1) is 0 Å². The van der Waals surface area contributed by atoms with Crippen LogP contribution < -0.4 is 22.3 Å². The standard InChI is InChI=1S/C23H21N7O2/c24-13-15-3-6-19(7-4-15)30(23-27-8-1-9-28-23)21-12-18(22(25)31)11-17-5-2-16(10-20(17)21)14-29-32-26/h1-12,14H,13,24,26H2,(H2,25,31)/b29-14+. The molecule has 9 heteroatoms. The van der Waals surface area contributed by atoms with E-state index in [-0.39, 0.29) is 0 Å². The molecule has 0 saturated carbocycles. The van der Waals surface area contributed by atoms with Gasteiger partial charge in [-0.3, -0.25) is 9.69 Å². The molecular weight excluding hydrogens is 406 g/mol. The first kappa shape index (κ1) is 20.9. The summed E-state index contributed by atoms with van der Waals surface area (Å²) in [5.41, 5.74) is 15.0. The number of rotatable bonds is 7. The lowest BCUT2D eigenvalue weighted by Gasteiger charge is -2.25. The first-order chi connectivity index (χ1) is 15.6. The number of amides is 1. The molecule has 0 bridgehead atoms. The molecule has 0 atom stereocenters. The predicted molar refractivity (Wildman–Crippen MR) is 123 cm³/mol. The molecular formula is C23H21N7O2. The van der Waals surface area contributed by atoms with Crippen LogP contribution in [0.4, 0.5) is 17.3 Å². The van der Waals surface area contributed by atoms with E-state index in [9.17, 15) is 4.79 Å². The van der Waals surface area contributed by atoms with E-state index in [1.165, 1.54) is 6.21 Å². The van der Waals surface area contributed by atoms with Gasteiger partial charge in [-0.05, 0) is 52.9 Å². The summed E-state index contributed by atoms with van der Waals surface area (Å²) in [4.78, 5) is 27.1. The monoisotopic (exact) mass is 427 g/mol. The minimum absolute atomic E-state index is 0.360. The molecule has 0 saturated heterocycles. The fraction of sp³-hybridized carbons (Fsp3) is 0.0435. The summed E-state index contributed by atoms with van der Waals surface area (Å²) in [5, 5.41) is 5.27. The Morgan fingerprint density at radius 2 is 1.81 bits per heavy atom. The second kappa shape index (κ2) is 9.21. The summed E-state index contributed by atoms with van der Waals surface area (Å²) in [6, 6.07) is 18.5. The summed E-state index contributed by atoms with van der Waals surface area (Å²) in [5.74, 6) is 4.90. The molecule has 1 amide bonds. The van der Waals surface area contributed by atoms with Crippen LogP contribution >= 0.6 is 0 Å². The molecule has 0 aliphatic rings. The summed E-state index contributed by atoms with van der Waals surface area (Å²) in [7, 11) is 0. The number of oxime groups is 1. The van der Waals surface area contributed by atoms with Crippen molar-refractivity contribution in [2.75, 3.05) is 4.90 Å². The quantitative estimate of drug-likeness (QED) is 0.304. The van der Waals surface area contributed by atoms with Gasteiger partial charge in [0, 0.05) is 35.6 Å². The topological polar surface area (TPSA) is 146 Å². The molecule has 32 heavy (non-hydrogen) atoms. The summed E-state index contributed by atoms with van der Waals surface area (Å²) in [6.07, 6.45) is 4.80. The fourth-order valence-electron chi connectivity index (χ4n) is 3.40. The number of benzene rings is 3. The average Bonchev–Trinajstić information content (AvgIpc) is 2.83. The Bertz CT molecular complexity index is 1280. The Morgan fingerprint density at radius 1 is 1.06 bits per heavy atom. The van der Waals surface area contributed by atoms with Gasteiger partial charge in [0.2, 0.25) is 11.9 Å². The molecule has 160 valence electrons. The van der Waals surface area contributed by atoms with E-state index < -0.39 is 5.91 Å². The largest absolute Gasteiger partial charge is 0.366 e. The molecule has 9 nitrogen and oxygen atoms in total. The number of carbonyl (C=O) groups excluding carboxylic acids is 1. The maximum Gasteiger partial charge on any atom is 0.248 e. The first-order valence-electron chi connectivity index (χ1n) is 9.73. The lowest BCUT2D eigenvalue weighted by molar-refractivity contribution is 0.100. The Hall–Kier alpha value is -4.34. The van der Waals surface area contributed by atoms with E-state index in [0.29, 0.717) is 23.7 Å². The van der Waals surface area contributed by atoms with Gasteiger partial charge in [-0.25, -0.2) is 9.97 Å². The van der Waals surface area contributed by atoms with Crippen molar-refractivity contribution < 1.29 is 9.73 Å². The number of aromatic nitrogens is 2. The highest BCUT2D eigenvalue weighted by atomic mass is 16.7. The smallest absolute Gasteiger partial charge is 0.248 e. The zero-order valence-corrected chi connectivity index (χ0v) is 17.1. The molecule has 4 aromatic rings.